The number of imidazole rings is 1. The summed E-state index contributed by atoms with van der Waals surface area (Å²) in [7, 11) is 1.67. The Kier molecular flexibility index (Phi) is 4.29. The second-order valence-electron chi connectivity index (χ2n) is 4.87. The number of nitrogens with one attached hydrogen (secondary N) is 1. The molecule has 0 atom stereocenters. The van der Waals surface area contributed by atoms with Crippen LogP contribution >= 0.6 is 0 Å². The average Bonchev–Trinajstić information content (AvgIpc) is 2.97. The predicted molar refractivity (Wildman–Crippen MR) is 83.4 cm³/mol. The van der Waals surface area contributed by atoms with E-state index in [1.165, 1.54) is 6.07 Å². The normalized spacial score (nSPS) is 11.0. The minimum absolute atomic E-state index is 0.268. The van der Waals surface area contributed by atoms with Gasteiger partial charge in [-0.3, -0.25) is 4.40 Å². The minimum Gasteiger partial charge on any atom is -0.385 e. The number of hydrogen-bond acceptors (Lipinski definition) is 4. The molecule has 0 radical (unpaired) electrons. The lowest BCUT2D eigenvalue weighted by Crippen LogP contribution is -2.07. The summed E-state index contributed by atoms with van der Waals surface area (Å²) in [6.07, 6.45) is 6.00. The van der Waals surface area contributed by atoms with E-state index >= 15 is 0 Å². The highest BCUT2D eigenvalue weighted by atomic mass is 19.1. The number of halogens is 1. The first kappa shape index (κ1) is 14.5. The van der Waals surface area contributed by atoms with Crippen molar-refractivity contribution in [2.45, 2.75) is 6.42 Å². The minimum atomic E-state index is -0.268. The number of methoxy groups -OCH3 is 1. The molecule has 1 aromatic carbocycles. The monoisotopic (exact) mass is 300 g/mol. The lowest BCUT2D eigenvalue weighted by atomic mass is 10.1. The van der Waals surface area contributed by atoms with Crippen molar-refractivity contribution >= 4 is 11.5 Å². The van der Waals surface area contributed by atoms with Crippen LogP contribution in [-0.4, -0.2) is 34.6 Å². The standard InChI is InChI=1S/C16H17FN4O/c1-22-10-4-7-18-15-16-20-11-14(21(16)9-8-19-15)12-5-2-3-6-13(12)17/h2-3,5-6,8-9,11H,4,7,10H2,1H3,(H,18,19). The summed E-state index contributed by atoms with van der Waals surface area (Å²) in [5.41, 5.74) is 1.90. The van der Waals surface area contributed by atoms with E-state index < -0.39 is 0 Å². The van der Waals surface area contributed by atoms with Crippen LogP contribution in [0.25, 0.3) is 16.9 Å². The Bertz CT molecular complexity index is 772. The topological polar surface area (TPSA) is 51.5 Å². The molecule has 3 aromatic rings. The van der Waals surface area contributed by atoms with Crippen LogP contribution in [0.15, 0.2) is 42.9 Å². The number of aromatic nitrogens is 3. The predicted octanol–water partition coefficient (Wildman–Crippen LogP) is 2.98. The second-order valence-corrected chi connectivity index (χ2v) is 4.87. The van der Waals surface area contributed by atoms with Gasteiger partial charge in [0.1, 0.15) is 5.82 Å². The molecule has 114 valence electrons. The van der Waals surface area contributed by atoms with Crippen molar-refractivity contribution in [1.29, 1.82) is 0 Å². The molecule has 0 bridgehead atoms. The third kappa shape index (κ3) is 2.78. The van der Waals surface area contributed by atoms with Crippen molar-refractivity contribution in [2.75, 3.05) is 25.6 Å². The quantitative estimate of drug-likeness (QED) is 0.711. The van der Waals surface area contributed by atoms with Gasteiger partial charge in [-0.05, 0) is 18.6 Å². The smallest absolute Gasteiger partial charge is 0.180 e. The second kappa shape index (κ2) is 6.53. The molecule has 0 saturated heterocycles. The van der Waals surface area contributed by atoms with E-state index in [0.29, 0.717) is 29.3 Å². The summed E-state index contributed by atoms with van der Waals surface area (Å²) in [5.74, 6) is 0.414. The fourth-order valence-electron chi connectivity index (χ4n) is 2.34. The maximum Gasteiger partial charge on any atom is 0.180 e. The molecule has 0 amide bonds. The Morgan fingerprint density at radius 1 is 1.27 bits per heavy atom. The highest BCUT2D eigenvalue weighted by Gasteiger charge is 2.12. The van der Waals surface area contributed by atoms with Gasteiger partial charge in [-0.2, -0.15) is 0 Å². The molecule has 0 unspecified atom stereocenters. The molecule has 2 heterocycles. The molecule has 0 saturated carbocycles. The van der Waals surface area contributed by atoms with E-state index in [-0.39, 0.29) is 5.82 Å². The van der Waals surface area contributed by atoms with Crippen LogP contribution in [0, 0.1) is 5.82 Å². The highest BCUT2D eigenvalue weighted by molar-refractivity contribution is 5.70. The largest absolute Gasteiger partial charge is 0.385 e. The average molecular weight is 300 g/mol. The third-order valence-electron chi connectivity index (χ3n) is 3.40. The molecule has 0 aliphatic carbocycles. The van der Waals surface area contributed by atoms with Gasteiger partial charge in [-0.1, -0.05) is 12.1 Å². The van der Waals surface area contributed by atoms with Crippen molar-refractivity contribution in [1.82, 2.24) is 14.4 Å². The molecular formula is C16H17FN4O. The zero-order chi connectivity index (χ0) is 15.4. The van der Waals surface area contributed by atoms with Crippen molar-refractivity contribution in [3.05, 3.63) is 48.7 Å². The molecule has 0 aliphatic rings. The van der Waals surface area contributed by atoms with E-state index in [1.54, 1.807) is 37.8 Å². The van der Waals surface area contributed by atoms with Crippen molar-refractivity contribution in [2.24, 2.45) is 0 Å². The van der Waals surface area contributed by atoms with Crippen LogP contribution in [-0.2, 0) is 4.74 Å². The number of benzene rings is 1. The van der Waals surface area contributed by atoms with Gasteiger partial charge in [0.05, 0.1) is 11.9 Å². The first-order valence-electron chi connectivity index (χ1n) is 7.11. The van der Waals surface area contributed by atoms with Gasteiger partial charge in [0.15, 0.2) is 11.5 Å². The summed E-state index contributed by atoms with van der Waals surface area (Å²) < 4.78 is 20.8. The van der Waals surface area contributed by atoms with Crippen LogP contribution < -0.4 is 5.32 Å². The summed E-state index contributed by atoms with van der Waals surface area (Å²) >= 11 is 0. The van der Waals surface area contributed by atoms with Gasteiger partial charge in [0.25, 0.3) is 0 Å². The first-order valence-corrected chi connectivity index (χ1v) is 7.11. The summed E-state index contributed by atoms with van der Waals surface area (Å²) in [6, 6.07) is 6.67. The molecule has 0 spiro atoms. The molecule has 3 rings (SSSR count). The number of anilines is 1. The summed E-state index contributed by atoms with van der Waals surface area (Å²) in [6.45, 7) is 1.42. The van der Waals surface area contributed by atoms with E-state index in [0.717, 1.165) is 13.0 Å². The Balaban J connectivity index is 1.94. The molecule has 6 heteroatoms. The number of fused-ring (bicyclic) bond motifs is 1. The van der Waals surface area contributed by atoms with Gasteiger partial charge in [0.2, 0.25) is 0 Å². The van der Waals surface area contributed by atoms with Crippen LogP contribution in [0.3, 0.4) is 0 Å². The SMILES string of the molecule is COCCCNc1nccn2c(-c3ccccc3F)cnc12. The molecular weight excluding hydrogens is 283 g/mol. The van der Waals surface area contributed by atoms with Crippen molar-refractivity contribution in [3.8, 4) is 11.3 Å². The van der Waals surface area contributed by atoms with E-state index in [9.17, 15) is 4.39 Å². The van der Waals surface area contributed by atoms with Crippen LogP contribution in [0.2, 0.25) is 0 Å². The molecule has 22 heavy (non-hydrogen) atoms. The molecule has 0 aliphatic heterocycles. The van der Waals surface area contributed by atoms with Crippen LogP contribution in [0.4, 0.5) is 10.2 Å². The first-order chi connectivity index (χ1) is 10.8. The fraction of sp³-hybridized carbons (Fsp3) is 0.250. The Morgan fingerprint density at radius 3 is 2.95 bits per heavy atom. The third-order valence-corrected chi connectivity index (χ3v) is 3.40. The highest BCUT2D eigenvalue weighted by Crippen LogP contribution is 2.25. The lowest BCUT2D eigenvalue weighted by Gasteiger charge is -2.07. The van der Waals surface area contributed by atoms with E-state index in [2.05, 4.69) is 15.3 Å². The summed E-state index contributed by atoms with van der Waals surface area (Å²) in [5, 5.41) is 3.23. The van der Waals surface area contributed by atoms with Crippen molar-refractivity contribution in [3.63, 3.8) is 0 Å². The number of ether oxygens (including phenoxy) is 1. The Labute approximate surface area is 127 Å². The summed E-state index contributed by atoms with van der Waals surface area (Å²) in [4.78, 5) is 8.68. The lowest BCUT2D eigenvalue weighted by molar-refractivity contribution is 0.198. The van der Waals surface area contributed by atoms with E-state index in [1.807, 2.05) is 10.5 Å². The number of hydrogen-bond donors (Lipinski definition) is 1. The van der Waals surface area contributed by atoms with Gasteiger partial charge in [-0.15, -0.1) is 0 Å². The molecule has 2 aromatic heterocycles. The zero-order valence-corrected chi connectivity index (χ0v) is 12.3. The fourth-order valence-corrected chi connectivity index (χ4v) is 2.34. The van der Waals surface area contributed by atoms with Gasteiger partial charge < -0.3 is 10.1 Å². The zero-order valence-electron chi connectivity index (χ0n) is 12.3. The maximum absolute atomic E-state index is 14.0. The molecule has 0 fully saturated rings. The Hall–Kier alpha value is -2.47. The van der Waals surface area contributed by atoms with Crippen molar-refractivity contribution < 1.29 is 9.13 Å². The molecule has 1 N–H and O–H groups in total. The van der Waals surface area contributed by atoms with Gasteiger partial charge in [0, 0.05) is 38.2 Å². The molecule has 5 nitrogen and oxygen atoms in total. The Morgan fingerprint density at radius 2 is 2.14 bits per heavy atom. The number of nitrogens with zero attached hydrogens (tertiary/aromatic N) is 3. The van der Waals surface area contributed by atoms with Gasteiger partial charge >= 0.3 is 0 Å². The van der Waals surface area contributed by atoms with Gasteiger partial charge in [-0.25, -0.2) is 14.4 Å². The van der Waals surface area contributed by atoms with Crippen LogP contribution in [0.1, 0.15) is 6.42 Å². The van der Waals surface area contributed by atoms with Crippen LogP contribution in [0.5, 0.6) is 0 Å². The maximum atomic E-state index is 14.0. The van der Waals surface area contributed by atoms with E-state index in [4.69, 9.17) is 4.74 Å². The number of rotatable bonds is 6.